The van der Waals surface area contributed by atoms with Gasteiger partial charge in [0.25, 0.3) is 0 Å². The Hall–Kier alpha value is -0.610. The van der Waals surface area contributed by atoms with E-state index in [9.17, 15) is 4.79 Å². The van der Waals surface area contributed by atoms with E-state index in [-0.39, 0.29) is 11.8 Å². The molecule has 4 heteroatoms. The van der Waals surface area contributed by atoms with Gasteiger partial charge in [-0.2, -0.15) is 0 Å². The summed E-state index contributed by atoms with van der Waals surface area (Å²) < 4.78 is 0. The zero-order valence-electron chi connectivity index (χ0n) is 5.22. The number of aliphatic hydroxyl groups excluding tert-OH is 1. The second-order valence-electron chi connectivity index (χ2n) is 2.22. The number of hydrogen-bond acceptors (Lipinski definition) is 3. The lowest BCUT2D eigenvalue weighted by atomic mass is 10.1. The Labute approximate surface area is 53.2 Å². The lowest BCUT2D eigenvalue weighted by Crippen LogP contribution is -2.28. The van der Waals surface area contributed by atoms with E-state index in [1.54, 1.807) is 6.92 Å². The van der Waals surface area contributed by atoms with E-state index in [2.05, 4.69) is 10.9 Å². The highest BCUT2D eigenvalue weighted by Gasteiger charge is 2.27. The van der Waals surface area contributed by atoms with Gasteiger partial charge in [-0.05, 0) is 6.92 Å². The molecule has 9 heavy (non-hydrogen) atoms. The highest BCUT2D eigenvalue weighted by Crippen LogP contribution is 2.04. The Morgan fingerprint density at radius 2 is 2.56 bits per heavy atom. The smallest absolute Gasteiger partial charge is 0.241 e. The molecule has 0 aromatic rings. The van der Waals surface area contributed by atoms with E-state index in [1.165, 1.54) is 0 Å². The predicted molar refractivity (Wildman–Crippen MR) is 31.3 cm³/mol. The molecule has 0 aliphatic carbocycles. The number of aliphatic hydroxyl groups is 1. The molecule has 3 N–H and O–H groups in total. The van der Waals surface area contributed by atoms with Crippen molar-refractivity contribution in [3.8, 4) is 0 Å². The number of rotatable bonds is 1. The topological polar surface area (TPSA) is 61.4 Å². The molecule has 4 nitrogen and oxygen atoms in total. The van der Waals surface area contributed by atoms with Gasteiger partial charge in [0.05, 0.1) is 12.0 Å². The number of nitrogens with one attached hydrogen (secondary N) is 2. The van der Waals surface area contributed by atoms with Crippen LogP contribution in [0.3, 0.4) is 0 Å². The molecule has 0 bridgehead atoms. The van der Waals surface area contributed by atoms with Crippen LogP contribution in [-0.2, 0) is 4.79 Å². The Morgan fingerprint density at radius 3 is 2.78 bits per heavy atom. The number of carbonyl (C=O) groups excluding carboxylic acids is 1. The van der Waals surface area contributed by atoms with Crippen LogP contribution in [0.4, 0.5) is 0 Å². The first-order chi connectivity index (χ1) is 4.22. The average Bonchev–Trinajstić information content (AvgIpc) is 2.13. The fraction of sp³-hybridized carbons (Fsp3) is 0.800. The van der Waals surface area contributed by atoms with Crippen LogP contribution in [0.15, 0.2) is 0 Å². The van der Waals surface area contributed by atoms with Crippen molar-refractivity contribution >= 4 is 5.91 Å². The molecule has 0 unspecified atom stereocenters. The van der Waals surface area contributed by atoms with Crippen LogP contribution < -0.4 is 10.9 Å². The zero-order chi connectivity index (χ0) is 6.85. The van der Waals surface area contributed by atoms with E-state index >= 15 is 0 Å². The van der Waals surface area contributed by atoms with Gasteiger partial charge in [0.2, 0.25) is 5.91 Å². The molecule has 1 aliphatic heterocycles. The summed E-state index contributed by atoms with van der Waals surface area (Å²) in [6.45, 7) is 2.13. The van der Waals surface area contributed by atoms with E-state index in [4.69, 9.17) is 5.11 Å². The molecule has 0 aromatic heterocycles. The summed E-state index contributed by atoms with van der Waals surface area (Å²) >= 11 is 0. The molecule has 0 saturated carbocycles. The molecule has 2 atom stereocenters. The average molecular weight is 130 g/mol. The van der Waals surface area contributed by atoms with Crippen molar-refractivity contribution in [2.45, 2.75) is 13.0 Å². The quantitative estimate of drug-likeness (QED) is 0.410. The highest BCUT2D eigenvalue weighted by atomic mass is 16.3. The predicted octanol–water partition coefficient (Wildman–Crippen LogP) is -1.38. The molecular weight excluding hydrogens is 120 g/mol. The van der Waals surface area contributed by atoms with Gasteiger partial charge in [-0.25, -0.2) is 5.43 Å². The van der Waals surface area contributed by atoms with Gasteiger partial charge in [-0.3, -0.25) is 10.2 Å². The zero-order valence-corrected chi connectivity index (χ0v) is 5.22. The van der Waals surface area contributed by atoms with Crippen LogP contribution in [0.5, 0.6) is 0 Å². The summed E-state index contributed by atoms with van der Waals surface area (Å²) in [4.78, 5) is 10.7. The van der Waals surface area contributed by atoms with Crippen LogP contribution in [0, 0.1) is 5.92 Å². The minimum Gasteiger partial charge on any atom is -0.393 e. The SMILES string of the molecule is C[C@H](O)[C@@H]1CNNC1=O. The summed E-state index contributed by atoms with van der Waals surface area (Å²) in [6, 6.07) is 0. The van der Waals surface area contributed by atoms with Gasteiger partial charge < -0.3 is 5.11 Å². The summed E-state index contributed by atoms with van der Waals surface area (Å²) in [7, 11) is 0. The third-order valence-electron chi connectivity index (χ3n) is 1.45. The maximum absolute atomic E-state index is 10.7. The standard InChI is InChI=1S/C5H10N2O2/c1-3(8)4-2-6-7-5(4)9/h3-4,6,8H,2H2,1H3,(H,7,9)/t3-,4-/m0/s1. The second-order valence-corrected chi connectivity index (χ2v) is 2.22. The molecule has 1 aliphatic rings. The maximum atomic E-state index is 10.7. The van der Waals surface area contributed by atoms with Crippen LogP contribution in [0.1, 0.15) is 6.92 Å². The van der Waals surface area contributed by atoms with E-state index in [1.807, 2.05) is 0 Å². The first-order valence-electron chi connectivity index (χ1n) is 2.92. The normalized spacial score (nSPS) is 30.0. The molecule has 1 fully saturated rings. The highest BCUT2D eigenvalue weighted by molar-refractivity contribution is 5.80. The molecular formula is C5H10N2O2. The number of carbonyl (C=O) groups is 1. The lowest BCUT2D eigenvalue weighted by Gasteiger charge is -2.06. The van der Waals surface area contributed by atoms with Crippen LogP contribution in [0.2, 0.25) is 0 Å². The third-order valence-corrected chi connectivity index (χ3v) is 1.45. The Bertz CT molecular complexity index is 124. The van der Waals surface area contributed by atoms with Gasteiger partial charge in [0.1, 0.15) is 0 Å². The van der Waals surface area contributed by atoms with Crippen molar-refractivity contribution in [2.75, 3.05) is 6.54 Å². The number of amides is 1. The Morgan fingerprint density at radius 1 is 1.89 bits per heavy atom. The lowest BCUT2D eigenvalue weighted by molar-refractivity contribution is -0.125. The van der Waals surface area contributed by atoms with Crippen molar-refractivity contribution in [1.82, 2.24) is 10.9 Å². The third kappa shape index (κ3) is 1.20. The van der Waals surface area contributed by atoms with Crippen molar-refractivity contribution < 1.29 is 9.90 Å². The first-order valence-corrected chi connectivity index (χ1v) is 2.92. The van der Waals surface area contributed by atoms with E-state index < -0.39 is 6.10 Å². The minimum absolute atomic E-state index is 0.120. The van der Waals surface area contributed by atoms with E-state index in [0.717, 1.165) is 0 Å². The molecule has 1 rings (SSSR count). The summed E-state index contributed by atoms with van der Waals surface area (Å²) in [5.74, 6) is -0.394. The maximum Gasteiger partial charge on any atom is 0.241 e. The summed E-state index contributed by atoms with van der Waals surface area (Å²) in [6.07, 6.45) is -0.556. The summed E-state index contributed by atoms with van der Waals surface area (Å²) in [5.41, 5.74) is 5.05. The van der Waals surface area contributed by atoms with E-state index in [0.29, 0.717) is 6.54 Å². The minimum atomic E-state index is -0.556. The molecule has 0 radical (unpaired) electrons. The molecule has 52 valence electrons. The van der Waals surface area contributed by atoms with Gasteiger partial charge in [0.15, 0.2) is 0 Å². The molecule has 1 saturated heterocycles. The first kappa shape index (κ1) is 6.51. The second kappa shape index (κ2) is 2.33. The van der Waals surface area contributed by atoms with Crippen molar-refractivity contribution in [2.24, 2.45) is 5.92 Å². The van der Waals surface area contributed by atoms with Gasteiger partial charge in [0, 0.05) is 6.54 Å². The van der Waals surface area contributed by atoms with Gasteiger partial charge >= 0.3 is 0 Å². The van der Waals surface area contributed by atoms with Crippen LogP contribution >= 0.6 is 0 Å². The fourth-order valence-electron chi connectivity index (χ4n) is 0.823. The fourth-order valence-corrected chi connectivity index (χ4v) is 0.823. The van der Waals surface area contributed by atoms with Gasteiger partial charge in [-0.15, -0.1) is 0 Å². The monoisotopic (exact) mass is 130 g/mol. The number of hydrazine groups is 1. The molecule has 1 heterocycles. The molecule has 0 aromatic carbocycles. The Kier molecular flexibility index (Phi) is 1.68. The Balaban J connectivity index is 2.49. The van der Waals surface area contributed by atoms with Crippen LogP contribution in [0.25, 0.3) is 0 Å². The van der Waals surface area contributed by atoms with Crippen molar-refractivity contribution in [3.63, 3.8) is 0 Å². The summed E-state index contributed by atoms with van der Waals surface area (Å²) in [5, 5.41) is 8.92. The van der Waals surface area contributed by atoms with Crippen molar-refractivity contribution in [3.05, 3.63) is 0 Å². The molecule has 1 amide bonds. The molecule has 0 spiro atoms. The van der Waals surface area contributed by atoms with Crippen molar-refractivity contribution in [1.29, 1.82) is 0 Å². The van der Waals surface area contributed by atoms with Gasteiger partial charge in [-0.1, -0.05) is 0 Å². The van der Waals surface area contributed by atoms with Crippen LogP contribution in [-0.4, -0.2) is 23.7 Å². The largest absolute Gasteiger partial charge is 0.393 e. The number of hydrogen-bond donors (Lipinski definition) is 3.